The van der Waals surface area contributed by atoms with Crippen LogP contribution in [0.2, 0.25) is 0 Å². The van der Waals surface area contributed by atoms with Crippen LogP contribution in [0, 0.1) is 5.92 Å². The highest BCUT2D eigenvalue weighted by Crippen LogP contribution is 2.10. The Bertz CT molecular complexity index is 284. The lowest BCUT2D eigenvalue weighted by atomic mass is 10.0. The van der Waals surface area contributed by atoms with Crippen molar-refractivity contribution < 1.29 is 0 Å². The summed E-state index contributed by atoms with van der Waals surface area (Å²) >= 11 is 3.34. The number of anilines is 1. The maximum Gasteiger partial charge on any atom is 0.126 e. The number of aromatic nitrogens is 1. The van der Waals surface area contributed by atoms with Gasteiger partial charge in [-0.25, -0.2) is 4.98 Å². The molecule has 0 fully saturated rings. The third kappa shape index (κ3) is 5.14. The molecule has 0 saturated carbocycles. The first-order valence-corrected chi connectivity index (χ1v) is 5.98. The molecular weight excluding hydrogens is 254 g/mol. The summed E-state index contributed by atoms with van der Waals surface area (Å²) in [6, 6.07) is 4.09. The van der Waals surface area contributed by atoms with E-state index in [1.165, 1.54) is 0 Å². The number of hydrogen-bond donors (Lipinski definition) is 2. The van der Waals surface area contributed by atoms with Gasteiger partial charge >= 0.3 is 0 Å². The van der Waals surface area contributed by atoms with E-state index in [0.717, 1.165) is 23.3 Å². The summed E-state index contributed by atoms with van der Waals surface area (Å²) in [6.07, 6.45) is 2.81. The van der Waals surface area contributed by atoms with Gasteiger partial charge in [0.1, 0.15) is 5.82 Å². The first kappa shape index (κ1) is 12.5. The van der Waals surface area contributed by atoms with Gasteiger partial charge in [0.2, 0.25) is 0 Å². The van der Waals surface area contributed by atoms with Crippen molar-refractivity contribution in [3.63, 3.8) is 0 Å². The van der Waals surface area contributed by atoms with Gasteiger partial charge in [-0.2, -0.15) is 0 Å². The van der Waals surface area contributed by atoms with Crippen molar-refractivity contribution in [2.24, 2.45) is 11.7 Å². The van der Waals surface area contributed by atoms with Crippen LogP contribution >= 0.6 is 15.9 Å². The number of nitrogens with two attached hydrogens (primary N) is 1. The van der Waals surface area contributed by atoms with Gasteiger partial charge in [-0.05, 0) is 40.4 Å². The van der Waals surface area contributed by atoms with Gasteiger partial charge in [-0.1, -0.05) is 13.8 Å². The van der Waals surface area contributed by atoms with Gasteiger partial charge in [-0.3, -0.25) is 0 Å². The molecule has 1 rings (SSSR count). The van der Waals surface area contributed by atoms with E-state index < -0.39 is 0 Å². The molecule has 0 saturated heterocycles. The van der Waals surface area contributed by atoms with Crippen LogP contribution in [0.5, 0.6) is 0 Å². The van der Waals surface area contributed by atoms with Crippen molar-refractivity contribution in [2.45, 2.75) is 26.3 Å². The second-order valence-corrected chi connectivity index (χ2v) is 5.05. The fraction of sp³-hybridized carbons (Fsp3) is 0.545. The zero-order valence-electron chi connectivity index (χ0n) is 9.20. The van der Waals surface area contributed by atoms with Gasteiger partial charge in [-0.15, -0.1) is 0 Å². The summed E-state index contributed by atoms with van der Waals surface area (Å²) in [4.78, 5) is 4.22. The molecule has 0 aliphatic heterocycles. The Hall–Kier alpha value is -0.610. The molecule has 0 spiro atoms. The largest absolute Gasteiger partial charge is 0.369 e. The van der Waals surface area contributed by atoms with E-state index >= 15 is 0 Å². The number of rotatable bonds is 5. The van der Waals surface area contributed by atoms with Crippen LogP contribution in [-0.2, 0) is 0 Å². The average Bonchev–Trinajstić information content (AvgIpc) is 2.16. The lowest BCUT2D eigenvalue weighted by Crippen LogP contribution is -2.30. The molecule has 4 heteroatoms. The van der Waals surface area contributed by atoms with Crippen LogP contribution in [0.25, 0.3) is 0 Å². The fourth-order valence-electron chi connectivity index (χ4n) is 1.40. The molecule has 1 aromatic rings. The van der Waals surface area contributed by atoms with Crippen LogP contribution in [-0.4, -0.2) is 17.6 Å². The minimum absolute atomic E-state index is 0.190. The maximum atomic E-state index is 5.95. The molecule has 15 heavy (non-hydrogen) atoms. The van der Waals surface area contributed by atoms with Crippen LogP contribution in [0.3, 0.4) is 0 Å². The summed E-state index contributed by atoms with van der Waals surface area (Å²) in [5.41, 5.74) is 5.95. The highest BCUT2D eigenvalue weighted by molar-refractivity contribution is 9.10. The Balaban J connectivity index is 2.33. The zero-order chi connectivity index (χ0) is 11.3. The molecule has 0 bridgehead atoms. The zero-order valence-corrected chi connectivity index (χ0v) is 10.8. The summed E-state index contributed by atoms with van der Waals surface area (Å²) < 4.78 is 0.986. The molecular formula is C11H18BrN3. The van der Waals surface area contributed by atoms with E-state index in [9.17, 15) is 0 Å². The molecule has 1 atom stereocenters. The molecule has 3 nitrogen and oxygen atoms in total. The first-order chi connectivity index (χ1) is 7.08. The lowest BCUT2D eigenvalue weighted by molar-refractivity contribution is 0.508. The van der Waals surface area contributed by atoms with Crippen LogP contribution in [0.1, 0.15) is 20.3 Å². The summed E-state index contributed by atoms with van der Waals surface area (Å²) in [7, 11) is 0. The van der Waals surface area contributed by atoms with Crippen molar-refractivity contribution in [1.82, 2.24) is 4.98 Å². The normalized spacial score (nSPS) is 12.9. The summed E-state index contributed by atoms with van der Waals surface area (Å²) in [6.45, 7) is 5.13. The molecule has 0 amide bonds. The van der Waals surface area contributed by atoms with E-state index in [1.807, 2.05) is 12.1 Å². The number of halogens is 1. The Labute approximate surface area is 99.6 Å². The predicted octanol–water partition coefficient (Wildman–Crippen LogP) is 2.63. The molecule has 1 unspecified atom stereocenters. The fourth-order valence-corrected chi connectivity index (χ4v) is 1.64. The van der Waals surface area contributed by atoms with E-state index in [2.05, 4.69) is 40.1 Å². The van der Waals surface area contributed by atoms with Crippen molar-refractivity contribution in [1.29, 1.82) is 0 Å². The number of pyridine rings is 1. The third-order valence-electron chi connectivity index (χ3n) is 2.05. The summed E-state index contributed by atoms with van der Waals surface area (Å²) in [5.74, 6) is 1.51. The maximum absolute atomic E-state index is 5.95. The van der Waals surface area contributed by atoms with E-state index in [4.69, 9.17) is 5.73 Å². The van der Waals surface area contributed by atoms with Gasteiger partial charge in [0.15, 0.2) is 0 Å². The SMILES string of the molecule is CC(C)CC(N)CNc1ccc(Br)cn1. The molecule has 84 valence electrons. The van der Waals surface area contributed by atoms with Crippen LogP contribution < -0.4 is 11.1 Å². The standard InChI is InChI=1S/C11H18BrN3/c1-8(2)5-10(13)7-15-11-4-3-9(12)6-14-11/h3-4,6,8,10H,5,7,13H2,1-2H3,(H,14,15). The van der Waals surface area contributed by atoms with Gasteiger partial charge in [0.25, 0.3) is 0 Å². The number of nitrogens with zero attached hydrogens (tertiary/aromatic N) is 1. The van der Waals surface area contributed by atoms with E-state index in [-0.39, 0.29) is 6.04 Å². The second kappa shape index (κ2) is 6.08. The van der Waals surface area contributed by atoms with E-state index in [0.29, 0.717) is 5.92 Å². The van der Waals surface area contributed by atoms with Crippen molar-refractivity contribution in [2.75, 3.05) is 11.9 Å². The second-order valence-electron chi connectivity index (χ2n) is 4.13. The van der Waals surface area contributed by atoms with Crippen molar-refractivity contribution >= 4 is 21.7 Å². The minimum atomic E-state index is 0.190. The quantitative estimate of drug-likeness (QED) is 0.866. The van der Waals surface area contributed by atoms with E-state index in [1.54, 1.807) is 6.20 Å². The molecule has 3 N–H and O–H groups in total. The topological polar surface area (TPSA) is 50.9 Å². The molecule has 0 aromatic carbocycles. The number of hydrogen-bond acceptors (Lipinski definition) is 3. The molecule has 1 heterocycles. The lowest BCUT2D eigenvalue weighted by Gasteiger charge is -2.15. The predicted molar refractivity (Wildman–Crippen MR) is 67.9 cm³/mol. The molecule has 0 aliphatic rings. The van der Waals surface area contributed by atoms with Gasteiger partial charge in [0.05, 0.1) is 0 Å². The average molecular weight is 272 g/mol. The molecule has 0 radical (unpaired) electrons. The van der Waals surface area contributed by atoms with Crippen molar-refractivity contribution in [3.8, 4) is 0 Å². The van der Waals surface area contributed by atoms with Gasteiger partial charge in [0, 0.05) is 23.3 Å². The van der Waals surface area contributed by atoms with Gasteiger partial charge < -0.3 is 11.1 Å². The Morgan fingerprint density at radius 2 is 2.20 bits per heavy atom. The Morgan fingerprint density at radius 3 is 2.73 bits per heavy atom. The number of nitrogens with one attached hydrogen (secondary N) is 1. The smallest absolute Gasteiger partial charge is 0.126 e. The molecule has 0 aliphatic carbocycles. The molecule has 1 aromatic heterocycles. The Morgan fingerprint density at radius 1 is 1.47 bits per heavy atom. The highest BCUT2D eigenvalue weighted by atomic mass is 79.9. The van der Waals surface area contributed by atoms with Crippen LogP contribution in [0.4, 0.5) is 5.82 Å². The van der Waals surface area contributed by atoms with Crippen LogP contribution in [0.15, 0.2) is 22.8 Å². The summed E-state index contributed by atoms with van der Waals surface area (Å²) in [5, 5.41) is 3.22. The Kier molecular flexibility index (Phi) is 5.05. The first-order valence-electron chi connectivity index (χ1n) is 5.19. The van der Waals surface area contributed by atoms with Crippen molar-refractivity contribution in [3.05, 3.63) is 22.8 Å². The third-order valence-corrected chi connectivity index (χ3v) is 2.52. The monoisotopic (exact) mass is 271 g/mol. The minimum Gasteiger partial charge on any atom is -0.369 e. The highest BCUT2D eigenvalue weighted by Gasteiger charge is 2.05.